The van der Waals surface area contributed by atoms with Gasteiger partial charge in [-0.05, 0) is 37.0 Å². The highest BCUT2D eigenvalue weighted by atomic mass is 16.5. The van der Waals surface area contributed by atoms with Gasteiger partial charge in [0.05, 0.1) is 0 Å². The van der Waals surface area contributed by atoms with Crippen molar-refractivity contribution in [3.63, 3.8) is 0 Å². The van der Waals surface area contributed by atoms with Crippen molar-refractivity contribution < 1.29 is 9.53 Å². The van der Waals surface area contributed by atoms with Crippen LogP contribution in [0.4, 0.5) is 0 Å². The lowest BCUT2D eigenvalue weighted by molar-refractivity contribution is -0.130. The number of carbonyl (C=O) groups is 1. The van der Waals surface area contributed by atoms with E-state index >= 15 is 0 Å². The van der Waals surface area contributed by atoms with Crippen LogP contribution >= 0.6 is 0 Å². The molecule has 0 aromatic heterocycles. The van der Waals surface area contributed by atoms with Crippen molar-refractivity contribution in [3.05, 3.63) is 42.0 Å². The van der Waals surface area contributed by atoms with Gasteiger partial charge in [0.1, 0.15) is 5.75 Å². The van der Waals surface area contributed by atoms with E-state index in [-0.39, 0.29) is 5.97 Å². The van der Waals surface area contributed by atoms with Crippen molar-refractivity contribution in [2.45, 2.75) is 39.5 Å². The SMILES string of the molecule is C=C(C)C(=O)Oc1ccc(C(C)CCC)cc1. The molecule has 0 aliphatic rings. The molecule has 0 amide bonds. The molecule has 0 saturated heterocycles. The Bertz CT molecular complexity index is 390. The lowest BCUT2D eigenvalue weighted by Crippen LogP contribution is -2.08. The number of benzene rings is 1. The molecule has 0 N–H and O–H groups in total. The van der Waals surface area contributed by atoms with E-state index in [4.69, 9.17) is 4.74 Å². The molecule has 1 aromatic rings. The molecule has 1 unspecified atom stereocenters. The Morgan fingerprint density at radius 1 is 1.35 bits per heavy atom. The first-order valence-corrected chi connectivity index (χ1v) is 6.02. The third kappa shape index (κ3) is 4.06. The van der Waals surface area contributed by atoms with Crippen LogP contribution in [-0.4, -0.2) is 5.97 Å². The van der Waals surface area contributed by atoms with E-state index in [9.17, 15) is 4.79 Å². The Balaban J connectivity index is 2.68. The summed E-state index contributed by atoms with van der Waals surface area (Å²) in [5.41, 5.74) is 1.69. The minimum absolute atomic E-state index is 0.376. The fourth-order valence-electron chi connectivity index (χ4n) is 1.66. The maximum absolute atomic E-state index is 11.3. The summed E-state index contributed by atoms with van der Waals surface area (Å²) in [6.45, 7) is 9.57. The van der Waals surface area contributed by atoms with E-state index in [0.29, 0.717) is 17.2 Å². The van der Waals surface area contributed by atoms with Crippen LogP contribution in [0, 0.1) is 0 Å². The molecular weight excluding hydrogens is 212 g/mol. The van der Waals surface area contributed by atoms with E-state index in [1.165, 1.54) is 18.4 Å². The molecule has 1 rings (SSSR count). The van der Waals surface area contributed by atoms with Gasteiger partial charge in [-0.25, -0.2) is 4.79 Å². The minimum Gasteiger partial charge on any atom is -0.423 e. The van der Waals surface area contributed by atoms with E-state index in [2.05, 4.69) is 20.4 Å². The average Bonchev–Trinajstić information content (AvgIpc) is 2.30. The Morgan fingerprint density at radius 2 is 1.94 bits per heavy atom. The fraction of sp³-hybridized carbons (Fsp3) is 0.400. The number of hydrogen-bond donors (Lipinski definition) is 0. The average molecular weight is 232 g/mol. The van der Waals surface area contributed by atoms with Gasteiger partial charge in [-0.1, -0.05) is 39.0 Å². The van der Waals surface area contributed by atoms with Gasteiger partial charge in [-0.3, -0.25) is 0 Å². The monoisotopic (exact) mass is 232 g/mol. The third-order valence-electron chi connectivity index (χ3n) is 2.73. The first-order valence-electron chi connectivity index (χ1n) is 6.02. The minimum atomic E-state index is -0.376. The maximum Gasteiger partial charge on any atom is 0.338 e. The highest BCUT2D eigenvalue weighted by Gasteiger charge is 2.07. The summed E-state index contributed by atoms with van der Waals surface area (Å²) < 4.78 is 5.13. The molecule has 2 nitrogen and oxygen atoms in total. The highest BCUT2D eigenvalue weighted by Crippen LogP contribution is 2.23. The summed E-state index contributed by atoms with van der Waals surface area (Å²) in [7, 11) is 0. The summed E-state index contributed by atoms with van der Waals surface area (Å²) in [6, 6.07) is 7.70. The lowest BCUT2D eigenvalue weighted by atomic mass is 9.97. The van der Waals surface area contributed by atoms with Gasteiger partial charge >= 0.3 is 5.97 Å². The predicted octanol–water partition coefficient (Wildman–Crippen LogP) is 4.07. The van der Waals surface area contributed by atoms with Crippen LogP contribution in [0.5, 0.6) is 5.75 Å². The van der Waals surface area contributed by atoms with E-state index in [1.54, 1.807) is 6.92 Å². The largest absolute Gasteiger partial charge is 0.423 e. The molecule has 1 atom stereocenters. The van der Waals surface area contributed by atoms with Crippen molar-refractivity contribution in [3.8, 4) is 5.75 Å². The van der Waals surface area contributed by atoms with Gasteiger partial charge in [0.2, 0.25) is 0 Å². The molecule has 2 heteroatoms. The molecule has 0 saturated carbocycles. The van der Waals surface area contributed by atoms with Crippen LogP contribution < -0.4 is 4.74 Å². The van der Waals surface area contributed by atoms with E-state index < -0.39 is 0 Å². The van der Waals surface area contributed by atoms with E-state index in [0.717, 1.165) is 0 Å². The Kier molecular flexibility index (Phi) is 4.95. The predicted molar refractivity (Wildman–Crippen MR) is 70.2 cm³/mol. The molecule has 17 heavy (non-hydrogen) atoms. The van der Waals surface area contributed by atoms with Crippen LogP contribution in [0.15, 0.2) is 36.4 Å². The second-order valence-electron chi connectivity index (χ2n) is 4.43. The first kappa shape index (κ1) is 13.5. The van der Waals surface area contributed by atoms with Crippen LogP contribution in [-0.2, 0) is 4.79 Å². The van der Waals surface area contributed by atoms with Gasteiger partial charge in [-0.2, -0.15) is 0 Å². The van der Waals surface area contributed by atoms with Crippen LogP contribution in [0.3, 0.4) is 0 Å². The molecule has 0 radical (unpaired) electrons. The zero-order valence-corrected chi connectivity index (χ0v) is 10.8. The van der Waals surface area contributed by atoms with Gasteiger partial charge in [0.25, 0.3) is 0 Å². The van der Waals surface area contributed by atoms with E-state index in [1.807, 2.05) is 24.3 Å². The smallest absolute Gasteiger partial charge is 0.338 e. The lowest BCUT2D eigenvalue weighted by Gasteiger charge is -2.11. The molecule has 0 aliphatic carbocycles. The van der Waals surface area contributed by atoms with Gasteiger partial charge in [0.15, 0.2) is 0 Å². The zero-order chi connectivity index (χ0) is 12.8. The maximum atomic E-state index is 11.3. The summed E-state index contributed by atoms with van der Waals surface area (Å²) in [6.07, 6.45) is 2.35. The number of esters is 1. The molecular formula is C15H20O2. The molecule has 0 aliphatic heterocycles. The summed E-state index contributed by atoms with van der Waals surface area (Å²) >= 11 is 0. The van der Waals surface area contributed by atoms with Crippen molar-refractivity contribution in [2.75, 3.05) is 0 Å². The van der Waals surface area contributed by atoms with Gasteiger partial charge in [-0.15, -0.1) is 0 Å². The Hall–Kier alpha value is -1.57. The Labute approximate surface area is 103 Å². The zero-order valence-electron chi connectivity index (χ0n) is 10.8. The molecule has 1 aromatic carbocycles. The quantitative estimate of drug-likeness (QED) is 0.434. The van der Waals surface area contributed by atoms with Crippen LogP contribution in [0.1, 0.15) is 45.1 Å². The normalized spacial score (nSPS) is 11.9. The van der Waals surface area contributed by atoms with Crippen LogP contribution in [0.2, 0.25) is 0 Å². The summed E-state index contributed by atoms with van der Waals surface area (Å²) in [5, 5.41) is 0. The highest BCUT2D eigenvalue weighted by molar-refractivity contribution is 5.88. The van der Waals surface area contributed by atoms with Crippen molar-refractivity contribution in [1.82, 2.24) is 0 Å². The molecule has 0 bridgehead atoms. The molecule has 0 heterocycles. The van der Waals surface area contributed by atoms with Crippen LogP contribution in [0.25, 0.3) is 0 Å². The van der Waals surface area contributed by atoms with Crippen molar-refractivity contribution in [2.24, 2.45) is 0 Å². The molecule has 92 valence electrons. The number of ether oxygens (including phenoxy) is 1. The Morgan fingerprint density at radius 3 is 2.41 bits per heavy atom. The first-order chi connectivity index (χ1) is 8.04. The standard InChI is InChI=1S/C15H20O2/c1-5-6-12(4)13-7-9-14(10-8-13)17-15(16)11(2)3/h7-10,12H,2,5-6H2,1,3-4H3. The summed E-state index contributed by atoms with van der Waals surface area (Å²) in [5.74, 6) is 0.746. The van der Waals surface area contributed by atoms with Gasteiger partial charge in [0, 0.05) is 5.57 Å². The topological polar surface area (TPSA) is 26.3 Å². The van der Waals surface area contributed by atoms with Gasteiger partial charge < -0.3 is 4.74 Å². The summed E-state index contributed by atoms with van der Waals surface area (Å²) in [4.78, 5) is 11.3. The third-order valence-corrected chi connectivity index (χ3v) is 2.73. The fourth-order valence-corrected chi connectivity index (χ4v) is 1.66. The second-order valence-corrected chi connectivity index (χ2v) is 4.43. The van der Waals surface area contributed by atoms with Crippen molar-refractivity contribution in [1.29, 1.82) is 0 Å². The van der Waals surface area contributed by atoms with Crippen molar-refractivity contribution >= 4 is 5.97 Å². The number of hydrogen-bond acceptors (Lipinski definition) is 2. The molecule has 0 fully saturated rings. The molecule has 0 spiro atoms. The number of rotatable bonds is 5. The second kappa shape index (κ2) is 6.24. The number of carbonyl (C=O) groups excluding carboxylic acids is 1.